The van der Waals surface area contributed by atoms with Crippen molar-refractivity contribution in [2.75, 3.05) is 12.3 Å². The van der Waals surface area contributed by atoms with Crippen molar-refractivity contribution in [2.45, 2.75) is 12.8 Å². The van der Waals surface area contributed by atoms with Crippen LogP contribution in [0.1, 0.15) is 12.8 Å². The van der Waals surface area contributed by atoms with Gasteiger partial charge in [-0.05, 0) is 31.6 Å². The Balaban J connectivity index is 2.00. The van der Waals surface area contributed by atoms with Crippen molar-refractivity contribution in [1.82, 2.24) is 0 Å². The molecule has 0 bridgehead atoms. The Morgan fingerprint density at radius 3 is 2.00 bits per heavy atom. The van der Waals surface area contributed by atoms with E-state index in [0.717, 1.165) is 0 Å². The monoisotopic (exact) mass is 101 g/mol. The van der Waals surface area contributed by atoms with Gasteiger partial charge in [-0.15, -0.1) is 8.58 Å². The maximum absolute atomic E-state index is 2.40. The van der Waals surface area contributed by atoms with Crippen LogP contribution in [0.25, 0.3) is 0 Å². The third kappa shape index (κ3) is 1.26. The second kappa shape index (κ2) is 2.58. The van der Waals surface area contributed by atoms with Gasteiger partial charge in [-0.2, -0.15) is 0 Å². The molecule has 0 amide bonds. The molecule has 0 unspecified atom stereocenters. The Labute approximate surface area is 41.1 Å². The second-order valence-corrected chi connectivity index (χ2v) is 3.12. The molecule has 0 nitrogen and oxygen atoms in total. The van der Waals surface area contributed by atoms with Gasteiger partial charge in [-0.1, -0.05) is 0 Å². The van der Waals surface area contributed by atoms with Gasteiger partial charge in [0.05, 0.1) is 0 Å². The first kappa shape index (κ1) is 4.59. The van der Waals surface area contributed by atoms with Gasteiger partial charge in [0.2, 0.25) is 0 Å². The molecule has 1 aliphatic heterocycles. The van der Waals surface area contributed by atoms with Gasteiger partial charge in [0.15, 0.2) is 0 Å². The highest BCUT2D eigenvalue weighted by atomic mass is 31.1. The lowest BCUT2D eigenvalue weighted by Crippen LogP contribution is -1.90. The molecule has 0 aromatic carbocycles. The molecule has 0 atom stereocenters. The molecule has 6 heavy (non-hydrogen) atoms. The van der Waals surface area contributed by atoms with E-state index in [4.69, 9.17) is 0 Å². The normalized spacial score (nSPS) is 24.0. The summed E-state index contributed by atoms with van der Waals surface area (Å²) in [6.07, 6.45) is 8.12. The molecule has 1 aliphatic rings. The smallest absolute Gasteiger partial charge is 0.0351 e. The summed E-state index contributed by atoms with van der Waals surface area (Å²) in [6, 6.07) is 0. The molecule has 1 heterocycles. The van der Waals surface area contributed by atoms with Gasteiger partial charge in [0.1, 0.15) is 0 Å². The van der Waals surface area contributed by atoms with Crippen molar-refractivity contribution >= 4 is 8.58 Å². The van der Waals surface area contributed by atoms with Gasteiger partial charge in [-0.3, -0.25) is 0 Å². The zero-order valence-corrected chi connectivity index (χ0v) is 4.91. The van der Waals surface area contributed by atoms with Gasteiger partial charge < -0.3 is 0 Å². The van der Waals surface area contributed by atoms with Crippen molar-refractivity contribution in [2.24, 2.45) is 0 Å². The number of hydrogen-bond donors (Lipinski definition) is 0. The third-order valence-electron chi connectivity index (χ3n) is 1.05. The van der Waals surface area contributed by atoms with E-state index in [1.807, 2.05) is 0 Å². The molecule has 1 heteroatoms. The van der Waals surface area contributed by atoms with Gasteiger partial charge in [0, 0.05) is 0 Å². The molecule has 0 aliphatic carbocycles. The molecule has 1 fully saturated rings. The van der Waals surface area contributed by atoms with Crippen molar-refractivity contribution in [3.05, 3.63) is 6.42 Å². The van der Waals surface area contributed by atoms with E-state index in [2.05, 4.69) is 6.42 Å². The van der Waals surface area contributed by atoms with E-state index < -0.39 is 0 Å². The fourth-order valence-corrected chi connectivity index (χ4v) is 1.74. The third-order valence-corrected chi connectivity index (χ3v) is 2.33. The second-order valence-electron chi connectivity index (χ2n) is 1.62. The molecule has 0 aromatic rings. The molecular formula is C5H10P. The Hall–Kier alpha value is 0.430. The van der Waals surface area contributed by atoms with E-state index in [-0.39, 0.29) is 0 Å². The van der Waals surface area contributed by atoms with Crippen LogP contribution >= 0.6 is 8.58 Å². The topological polar surface area (TPSA) is 0 Å². The van der Waals surface area contributed by atoms with Crippen LogP contribution in [0.15, 0.2) is 0 Å². The van der Waals surface area contributed by atoms with Crippen LogP contribution in [0, 0.1) is 6.42 Å². The highest BCUT2D eigenvalue weighted by molar-refractivity contribution is 7.38. The summed E-state index contributed by atoms with van der Waals surface area (Å²) < 4.78 is 0. The highest BCUT2D eigenvalue weighted by Crippen LogP contribution is 2.20. The summed E-state index contributed by atoms with van der Waals surface area (Å²) in [7, 11) is 1.27. The number of hydrogen-bond acceptors (Lipinski definition) is 0. The van der Waals surface area contributed by atoms with Crippen molar-refractivity contribution in [3.8, 4) is 0 Å². The van der Waals surface area contributed by atoms with Gasteiger partial charge in [-0.25, -0.2) is 0 Å². The largest absolute Gasteiger partial charge is 0.122 e. The SMILES string of the molecule is [CH]1CCPCC1. The Kier molecular flexibility index (Phi) is 1.97. The molecule has 0 aromatic heterocycles. The average Bonchev–Trinajstić information content (AvgIpc) is 1.72. The number of rotatable bonds is 0. The van der Waals surface area contributed by atoms with Crippen molar-refractivity contribution < 1.29 is 0 Å². The first-order valence-electron chi connectivity index (χ1n) is 2.52. The average molecular weight is 101 g/mol. The van der Waals surface area contributed by atoms with Crippen LogP contribution < -0.4 is 0 Å². The minimum absolute atomic E-state index is 1.27. The predicted molar refractivity (Wildman–Crippen MR) is 31.6 cm³/mol. The fraction of sp³-hybridized carbons (Fsp3) is 0.800. The van der Waals surface area contributed by atoms with Gasteiger partial charge in [0.25, 0.3) is 0 Å². The Bertz CT molecular complexity index is 19.4. The van der Waals surface area contributed by atoms with Crippen LogP contribution in [0.5, 0.6) is 0 Å². The summed E-state index contributed by atoms with van der Waals surface area (Å²) in [6.45, 7) is 0. The molecular weight excluding hydrogens is 91.0 g/mol. The first-order chi connectivity index (χ1) is 3.00. The lowest BCUT2D eigenvalue weighted by atomic mass is 10.3. The first-order valence-corrected chi connectivity index (χ1v) is 3.94. The summed E-state index contributed by atoms with van der Waals surface area (Å²) >= 11 is 0. The lowest BCUT2D eigenvalue weighted by molar-refractivity contribution is 0.951. The standard InChI is InChI=1S/C5H10P/c1-2-4-6-5-3-1/h1,6H,2-5H2. The van der Waals surface area contributed by atoms with E-state index in [9.17, 15) is 0 Å². The maximum Gasteiger partial charge on any atom is -0.0351 e. The molecule has 1 saturated heterocycles. The van der Waals surface area contributed by atoms with Crippen LogP contribution in [0.4, 0.5) is 0 Å². The molecule has 0 spiro atoms. The zero-order valence-electron chi connectivity index (χ0n) is 3.91. The minimum atomic E-state index is 1.27. The molecule has 0 saturated carbocycles. The Morgan fingerprint density at radius 1 is 1.17 bits per heavy atom. The summed E-state index contributed by atoms with van der Waals surface area (Å²) in [4.78, 5) is 0. The summed E-state index contributed by atoms with van der Waals surface area (Å²) in [5.41, 5.74) is 0. The predicted octanol–water partition coefficient (Wildman–Crippen LogP) is 1.66. The zero-order chi connectivity index (χ0) is 4.24. The van der Waals surface area contributed by atoms with Gasteiger partial charge >= 0.3 is 0 Å². The maximum atomic E-state index is 2.40. The van der Waals surface area contributed by atoms with E-state index in [1.54, 1.807) is 0 Å². The quantitative estimate of drug-likeness (QED) is 0.407. The van der Waals surface area contributed by atoms with Crippen molar-refractivity contribution in [1.29, 1.82) is 0 Å². The summed E-state index contributed by atoms with van der Waals surface area (Å²) in [5, 5.41) is 0. The Morgan fingerprint density at radius 2 is 1.83 bits per heavy atom. The summed E-state index contributed by atoms with van der Waals surface area (Å²) in [5.74, 6) is 0. The molecule has 0 N–H and O–H groups in total. The van der Waals surface area contributed by atoms with Crippen LogP contribution in [-0.2, 0) is 0 Å². The fourth-order valence-electron chi connectivity index (χ4n) is 0.678. The highest BCUT2D eigenvalue weighted by Gasteiger charge is 1.95. The van der Waals surface area contributed by atoms with Crippen LogP contribution in [-0.4, -0.2) is 12.3 Å². The molecule has 1 radical (unpaired) electrons. The van der Waals surface area contributed by atoms with Crippen LogP contribution in [0.2, 0.25) is 0 Å². The van der Waals surface area contributed by atoms with E-state index >= 15 is 0 Å². The minimum Gasteiger partial charge on any atom is -0.122 e. The molecule has 35 valence electrons. The lowest BCUT2D eigenvalue weighted by Gasteiger charge is -2.05. The van der Waals surface area contributed by atoms with E-state index in [0.29, 0.717) is 0 Å². The van der Waals surface area contributed by atoms with Crippen LogP contribution in [0.3, 0.4) is 0 Å². The molecule has 1 rings (SSSR count). The van der Waals surface area contributed by atoms with E-state index in [1.165, 1.54) is 33.7 Å². The van der Waals surface area contributed by atoms with Crippen molar-refractivity contribution in [3.63, 3.8) is 0 Å².